The number of hydrogen-bond donors (Lipinski definition) is 2. The standard InChI is InChI=1S/C17H23NO7/c1-5-17(16(21)22)8-11(19)9-18(17)15(20)10-6-12(23-2)14(25-4)13(7-10)24-3/h6-7,11,19H,5,8-9H2,1-4H3,(H,21,22). The van der Waals surface area contributed by atoms with Crippen LogP contribution in [-0.2, 0) is 4.79 Å². The smallest absolute Gasteiger partial charge is 0.329 e. The van der Waals surface area contributed by atoms with Crippen molar-refractivity contribution >= 4 is 11.9 Å². The summed E-state index contributed by atoms with van der Waals surface area (Å²) in [6.45, 7) is 1.64. The van der Waals surface area contributed by atoms with E-state index < -0.39 is 23.5 Å². The number of amides is 1. The molecule has 0 aliphatic carbocycles. The van der Waals surface area contributed by atoms with Crippen LogP contribution in [0.15, 0.2) is 12.1 Å². The lowest BCUT2D eigenvalue weighted by Gasteiger charge is -2.33. The molecular weight excluding hydrogens is 330 g/mol. The predicted octanol–water partition coefficient (Wildman–Crippen LogP) is 1.15. The number of aliphatic hydroxyl groups is 1. The molecule has 25 heavy (non-hydrogen) atoms. The zero-order valence-electron chi connectivity index (χ0n) is 14.7. The molecule has 0 spiro atoms. The molecule has 1 amide bonds. The Morgan fingerprint density at radius 1 is 1.20 bits per heavy atom. The van der Waals surface area contributed by atoms with E-state index in [0.29, 0.717) is 17.2 Å². The molecule has 2 unspecified atom stereocenters. The Balaban J connectivity index is 2.51. The van der Waals surface area contributed by atoms with E-state index in [1.54, 1.807) is 6.92 Å². The van der Waals surface area contributed by atoms with Crippen LogP contribution in [0.4, 0.5) is 0 Å². The molecule has 1 aliphatic heterocycles. The Hall–Kier alpha value is -2.48. The van der Waals surface area contributed by atoms with Crippen molar-refractivity contribution in [1.82, 2.24) is 4.90 Å². The second-order valence-electron chi connectivity index (χ2n) is 5.88. The summed E-state index contributed by atoms with van der Waals surface area (Å²) in [5.41, 5.74) is -1.24. The number of carbonyl (C=O) groups excluding carboxylic acids is 1. The van der Waals surface area contributed by atoms with Crippen LogP contribution in [0.25, 0.3) is 0 Å². The van der Waals surface area contributed by atoms with E-state index in [4.69, 9.17) is 14.2 Å². The third-order valence-corrected chi connectivity index (χ3v) is 4.62. The van der Waals surface area contributed by atoms with Gasteiger partial charge in [-0.3, -0.25) is 4.79 Å². The number of nitrogens with zero attached hydrogens (tertiary/aromatic N) is 1. The molecule has 1 aromatic carbocycles. The van der Waals surface area contributed by atoms with Crippen molar-refractivity contribution in [3.8, 4) is 17.2 Å². The van der Waals surface area contributed by atoms with E-state index >= 15 is 0 Å². The first-order valence-corrected chi connectivity index (χ1v) is 7.88. The maximum atomic E-state index is 13.0. The highest BCUT2D eigenvalue weighted by atomic mass is 16.5. The lowest BCUT2D eigenvalue weighted by molar-refractivity contribution is -0.148. The summed E-state index contributed by atoms with van der Waals surface area (Å²) >= 11 is 0. The molecule has 1 aliphatic rings. The van der Waals surface area contributed by atoms with Crippen LogP contribution in [0.5, 0.6) is 17.2 Å². The molecule has 0 saturated carbocycles. The Bertz CT molecular complexity index is 650. The fourth-order valence-corrected chi connectivity index (χ4v) is 3.28. The Labute approximate surface area is 145 Å². The van der Waals surface area contributed by atoms with E-state index in [2.05, 4.69) is 0 Å². The van der Waals surface area contributed by atoms with E-state index in [1.807, 2.05) is 0 Å². The van der Waals surface area contributed by atoms with Crippen LogP contribution >= 0.6 is 0 Å². The Morgan fingerprint density at radius 2 is 1.76 bits per heavy atom. The molecule has 2 atom stereocenters. The molecule has 0 aromatic heterocycles. The van der Waals surface area contributed by atoms with E-state index in [1.165, 1.54) is 38.4 Å². The van der Waals surface area contributed by atoms with Gasteiger partial charge in [0, 0.05) is 18.5 Å². The molecule has 0 bridgehead atoms. The first-order chi connectivity index (χ1) is 11.8. The fraction of sp³-hybridized carbons (Fsp3) is 0.529. The van der Waals surface area contributed by atoms with E-state index in [9.17, 15) is 19.8 Å². The van der Waals surface area contributed by atoms with Gasteiger partial charge in [-0.15, -0.1) is 0 Å². The van der Waals surface area contributed by atoms with Crippen LogP contribution in [-0.4, -0.2) is 66.5 Å². The average molecular weight is 353 g/mol. The highest BCUT2D eigenvalue weighted by molar-refractivity contribution is 5.99. The minimum atomic E-state index is -1.43. The van der Waals surface area contributed by atoms with Gasteiger partial charge in [-0.2, -0.15) is 0 Å². The van der Waals surface area contributed by atoms with E-state index in [-0.39, 0.29) is 24.9 Å². The molecule has 8 heteroatoms. The monoisotopic (exact) mass is 353 g/mol. The van der Waals surface area contributed by atoms with Crippen LogP contribution in [0.1, 0.15) is 30.1 Å². The van der Waals surface area contributed by atoms with Crippen molar-refractivity contribution < 1.29 is 34.0 Å². The zero-order valence-corrected chi connectivity index (χ0v) is 14.7. The van der Waals surface area contributed by atoms with Crippen LogP contribution < -0.4 is 14.2 Å². The maximum Gasteiger partial charge on any atom is 0.329 e. The summed E-state index contributed by atoms with van der Waals surface area (Å²) in [7, 11) is 4.31. The van der Waals surface area contributed by atoms with Crippen molar-refractivity contribution in [3.05, 3.63) is 17.7 Å². The van der Waals surface area contributed by atoms with Gasteiger partial charge in [0.25, 0.3) is 5.91 Å². The third-order valence-electron chi connectivity index (χ3n) is 4.62. The highest BCUT2D eigenvalue weighted by Gasteiger charge is 2.52. The molecule has 1 heterocycles. The summed E-state index contributed by atoms with van der Waals surface area (Å²) in [6.07, 6.45) is -0.702. The second kappa shape index (κ2) is 7.18. The molecule has 2 N–H and O–H groups in total. The van der Waals surface area contributed by atoms with Gasteiger partial charge in [0.05, 0.1) is 27.4 Å². The number of methoxy groups -OCH3 is 3. The molecule has 8 nitrogen and oxygen atoms in total. The summed E-state index contributed by atoms with van der Waals surface area (Å²) in [6, 6.07) is 2.94. The first kappa shape index (κ1) is 18.9. The Kier molecular flexibility index (Phi) is 5.42. The van der Waals surface area contributed by atoms with Gasteiger partial charge >= 0.3 is 5.97 Å². The number of hydrogen-bond acceptors (Lipinski definition) is 6. The minimum absolute atomic E-state index is 0.00496. The lowest BCUT2D eigenvalue weighted by atomic mass is 9.92. The number of carboxylic acids is 1. The van der Waals surface area contributed by atoms with E-state index in [0.717, 1.165) is 0 Å². The topological polar surface area (TPSA) is 106 Å². The summed E-state index contributed by atoms with van der Waals surface area (Å²) in [4.78, 5) is 26.0. The number of benzene rings is 1. The summed E-state index contributed by atoms with van der Waals surface area (Å²) in [5, 5.41) is 19.6. The molecule has 0 radical (unpaired) electrons. The number of aliphatic hydroxyl groups excluding tert-OH is 1. The molecule has 1 saturated heterocycles. The number of ether oxygens (including phenoxy) is 3. The number of β-amino-alcohol motifs (C(OH)–C–C–N with tert-alkyl or cyclic N) is 1. The van der Waals surface area contributed by atoms with Gasteiger partial charge in [-0.1, -0.05) is 6.92 Å². The van der Waals surface area contributed by atoms with Crippen molar-refractivity contribution in [1.29, 1.82) is 0 Å². The summed E-state index contributed by atoms with van der Waals surface area (Å²) in [5.74, 6) is -0.722. The zero-order chi connectivity index (χ0) is 18.8. The number of likely N-dealkylation sites (tertiary alicyclic amines) is 1. The normalized spacial score (nSPS) is 22.6. The predicted molar refractivity (Wildman–Crippen MR) is 88.4 cm³/mol. The summed E-state index contributed by atoms with van der Waals surface area (Å²) < 4.78 is 15.7. The number of carboxylic acid groups (broad SMARTS) is 1. The van der Waals surface area contributed by atoms with Gasteiger partial charge in [-0.25, -0.2) is 4.79 Å². The SMILES string of the molecule is CCC1(C(=O)O)CC(O)CN1C(=O)c1cc(OC)c(OC)c(OC)c1. The molecule has 138 valence electrons. The quantitative estimate of drug-likeness (QED) is 0.790. The number of aliphatic carboxylic acids is 1. The van der Waals surface area contributed by atoms with Crippen LogP contribution in [0.3, 0.4) is 0 Å². The van der Waals surface area contributed by atoms with Crippen LogP contribution in [0, 0.1) is 0 Å². The van der Waals surface area contributed by atoms with Gasteiger partial charge in [0.15, 0.2) is 11.5 Å². The molecule has 1 fully saturated rings. The maximum absolute atomic E-state index is 13.0. The van der Waals surface area contributed by atoms with Crippen molar-refractivity contribution in [2.24, 2.45) is 0 Å². The van der Waals surface area contributed by atoms with Crippen molar-refractivity contribution in [2.45, 2.75) is 31.4 Å². The molecule has 2 rings (SSSR count). The Morgan fingerprint density at radius 3 is 2.16 bits per heavy atom. The van der Waals surface area contributed by atoms with Crippen molar-refractivity contribution in [3.63, 3.8) is 0 Å². The number of carbonyl (C=O) groups is 2. The largest absolute Gasteiger partial charge is 0.493 e. The van der Waals surface area contributed by atoms with Gasteiger partial charge < -0.3 is 29.3 Å². The van der Waals surface area contributed by atoms with Crippen LogP contribution in [0.2, 0.25) is 0 Å². The first-order valence-electron chi connectivity index (χ1n) is 7.88. The third kappa shape index (κ3) is 3.09. The molecule has 1 aromatic rings. The number of rotatable bonds is 6. The second-order valence-corrected chi connectivity index (χ2v) is 5.88. The van der Waals surface area contributed by atoms with Gasteiger partial charge in [-0.05, 0) is 18.6 Å². The van der Waals surface area contributed by atoms with Gasteiger partial charge in [0.1, 0.15) is 5.54 Å². The van der Waals surface area contributed by atoms with Gasteiger partial charge in [0.2, 0.25) is 5.75 Å². The lowest BCUT2D eigenvalue weighted by Crippen LogP contribution is -2.52. The fourth-order valence-electron chi connectivity index (χ4n) is 3.28. The minimum Gasteiger partial charge on any atom is -0.493 e. The highest BCUT2D eigenvalue weighted by Crippen LogP contribution is 2.40. The van der Waals surface area contributed by atoms with Crippen molar-refractivity contribution in [2.75, 3.05) is 27.9 Å². The average Bonchev–Trinajstić information content (AvgIpc) is 2.97. The molecular formula is C17H23NO7.